The summed E-state index contributed by atoms with van der Waals surface area (Å²) in [5.74, 6) is 1.31. The molecule has 1 spiro atoms. The molecule has 4 rings (SSSR count). The fourth-order valence-electron chi connectivity index (χ4n) is 4.71. The highest BCUT2D eigenvalue weighted by Gasteiger charge is 2.45. The van der Waals surface area contributed by atoms with E-state index in [4.69, 9.17) is 4.74 Å². The van der Waals surface area contributed by atoms with Crippen LogP contribution in [-0.2, 0) is 24.3 Å². The molecule has 0 aromatic heterocycles. The van der Waals surface area contributed by atoms with Gasteiger partial charge in [0.25, 0.3) is 0 Å². The van der Waals surface area contributed by atoms with Gasteiger partial charge in [0.15, 0.2) is 0 Å². The van der Waals surface area contributed by atoms with Gasteiger partial charge in [0.1, 0.15) is 11.6 Å². The summed E-state index contributed by atoms with van der Waals surface area (Å²) in [6.07, 6.45) is 2.26. The van der Waals surface area contributed by atoms with E-state index in [1.807, 2.05) is 35.2 Å². The average Bonchev–Trinajstić information content (AvgIpc) is 2.85. The van der Waals surface area contributed by atoms with Gasteiger partial charge in [0, 0.05) is 13.1 Å². The lowest BCUT2D eigenvalue weighted by molar-refractivity contribution is -0.145. The molecular formula is C26H33FN2O2. The number of carbonyl (C=O) groups is 1. The molecule has 5 heteroatoms. The van der Waals surface area contributed by atoms with E-state index in [1.165, 1.54) is 6.07 Å². The fraction of sp³-hybridized carbons (Fsp3) is 0.500. The second-order valence-corrected chi connectivity index (χ2v) is 9.68. The van der Waals surface area contributed by atoms with Crippen LogP contribution in [0.5, 0.6) is 5.75 Å². The number of benzene rings is 2. The van der Waals surface area contributed by atoms with E-state index in [-0.39, 0.29) is 11.7 Å². The molecule has 4 nitrogen and oxygen atoms in total. The normalized spacial score (nSPS) is 18.9. The van der Waals surface area contributed by atoms with Crippen molar-refractivity contribution >= 4 is 5.91 Å². The van der Waals surface area contributed by atoms with Crippen molar-refractivity contribution in [2.24, 2.45) is 11.3 Å². The van der Waals surface area contributed by atoms with Crippen LogP contribution in [-0.4, -0.2) is 42.5 Å². The number of fused-ring (bicyclic) bond motifs is 1. The van der Waals surface area contributed by atoms with Gasteiger partial charge in [-0.15, -0.1) is 0 Å². The summed E-state index contributed by atoms with van der Waals surface area (Å²) in [6.45, 7) is 7.81. The van der Waals surface area contributed by atoms with Crippen LogP contribution < -0.4 is 4.74 Å². The summed E-state index contributed by atoms with van der Waals surface area (Å²) >= 11 is 0. The maximum Gasteiger partial charge on any atom is 0.229 e. The lowest BCUT2D eigenvalue weighted by atomic mass is 9.73. The minimum absolute atomic E-state index is 0.206. The summed E-state index contributed by atoms with van der Waals surface area (Å²) in [6, 6.07) is 13.0. The van der Waals surface area contributed by atoms with Crippen molar-refractivity contribution in [3.63, 3.8) is 0 Å². The number of hydrogen-bond acceptors (Lipinski definition) is 3. The molecule has 2 heterocycles. The molecule has 1 amide bonds. The summed E-state index contributed by atoms with van der Waals surface area (Å²) in [5.41, 5.74) is 2.69. The first-order valence-corrected chi connectivity index (χ1v) is 11.3. The Morgan fingerprint density at radius 2 is 1.77 bits per heavy atom. The summed E-state index contributed by atoms with van der Waals surface area (Å²) < 4.78 is 19.8. The van der Waals surface area contributed by atoms with Crippen LogP contribution in [0.4, 0.5) is 4.39 Å². The molecule has 31 heavy (non-hydrogen) atoms. The standard InChI is InChI=1S/C26H33FN2O2/c1-19(2)18-31-24-8-4-20(5-9-24)16-29-17-21-6-7-23(27)14-22(21)15-26(25(29)30)10-12-28(3)13-11-26/h4-9,14,19H,10-13,15-18H2,1-3H3. The molecule has 0 bridgehead atoms. The van der Waals surface area contributed by atoms with Crippen molar-refractivity contribution in [3.8, 4) is 5.75 Å². The minimum Gasteiger partial charge on any atom is -0.493 e. The molecule has 2 aliphatic rings. The topological polar surface area (TPSA) is 32.8 Å². The minimum atomic E-state index is -0.439. The molecule has 1 fully saturated rings. The van der Waals surface area contributed by atoms with Gasteiger partial charge in [0.05, 0.1) is 12.0 Å². The molecule has 0 N–H and O–H groups in total. The average molecular weight is 425 g/mol. The molecule has 166 valence electrons. The van der Waals surface area contributed by atoms with Crippen molar-refractivity contribution in [1.29, 1.82) is 0 Å². The second kappa shape index (κ2) is 8.99. The zero-order valence-electron chi connectivity index (χ0n) is 18.9. The molecule has 0 atom stereocenters. The summed E-state index contributed by atoms with van der Waals surface area (Å²) in [7, 11) is 2.10. The largest absolute Gasteiger partial charge is 0.493 e. The summed E-state index contributed by atoms with van der Waals surface area (Å²) in [5, 5.41) is 0. The monoisotopic (exact) mass is 424 g/mol. The van der Waals surface area contributed by atoms with Gasteiger partial charge < -0.3 is 14.5 Å². The zero-order chi connectivity index (χ0) is 22.0. The Labute approximate surface area is 185 Å². The van der Waals surface area contributed by atoms with Crippen molar-refractivity contribution in [3.05, 3.63) is 65.0 Å². The third-order valence-corrected chi connectivity index (χ3v) is 6.62. The number of hydrogen-bond donors (Lipinski definition) is 0. The maximum absolute atomic E-state index is 14.0. The third kappa shape index (κ3) is 4.93. The van der Waals surface area contributed by atoms with Gasteiger partial charge in [-0.3, -0.25) is 4.79 Å². The van der Waals surface area contributed by atoms with Crippen molar-refractivity contribution in [2.75, 3.05) is 26.7 Å². The van der Waals surface area contributed by atoms with E-state index in [0.717, 1.165) is 48.4 Å². The SMILES string of the molecule is CC(C)COc1ccc(CN2Cc3ccc(F)cc3CC3(CCN(C)CC3)C2=O)cc1. The maximum atomic E-state index is 14.0. The Morgan fingerprint density at radius 1 is 1.06 bits per heavy atom. The highest BCUT2D eigenvalue weighted by atomic mass is 19.1. The molecule has 0 radical (unpaired) electrons. The molecule has 0 aliphatic carbocycles. The first-order chi connectivity index (χ1) is 14.8. The van der Waals surface area contributed by atoms with E-state index in [1.54, 1.807) is 6.07 Å². The summed E-state index contributed by atoms with van der Waals surface area (Å²) in [4.78, 5) is 18.1. The number of ether oxygens (including phenoxy) is 1. The second-order valence-electron chi connectivity index (χ2n) is 9.68. The van der Waals surface area contributed by atoms with Crippen LogP contribution in [0.25, 0.3) is 0 Å². The van der Waals surface area contributed by atoms with Gasteiger partial charge >= 0.3 is 0 Å². The smallest absolute Gasteiger partial charge is 0.229 e. The van der Waals surface area contributed by atoms with Gasteiger partial charge in [-0.1, -0.05) is 32.0 Å². The molecular weight excluding hydrogens is 391 g/mol. The van der Waals surface area contributed by atoms with Crippen LogP contribution in [0.3, 0.4) is 0 Å². The van der Waals surface area contributed by atoms with Crippen LogP contribution in [0, 0.1) is 17.2 Å². The highest BCUT2D eigenvalue weighted by molar-refractivity contribution is 5.84. The highest BCUT2D eigenvalue weighted by Crippen LogP contribution is 2.41. The van der Waals surface area contributed by atoms with Crippen molar-refractivity contribution in [2.45, 2.75) is 46.2 Å². The molecule has 1 saturated heterocycles. The Balaban J connectivity index is 1.58. The number of carbonyl (C=O) groups excluding carboxylic acids is 1. The Kier molecular flexibility index (Phi) is 6.33. The lowest BCUT2D eigenvalue weighted by Gasteiger charge is -2.41. The zero-order valence-corrected chi connectivity index (χ0v) is 18.9. The Morgan fingerprint density at radius 3 is 2.45 bits per heavy atom. The van der Waals surface area contributed by atoms with Crippen LogP contribution in [0.1, 0.15) is 43.4 Å². The van der Waals surface area contributed by atoms with Crippen molar-refractivity contribution < 1.29 is 13.9 Å². The molecule has 0 unspecified atom stereocenters. The number of amides is 1. The Hall–Kier alpha value is -2.40. The van der Waals surface area contributed by atoms with Gasteiger partial charge in [-0.05, 0) is 86.3 Å². The van der Waals surface area contributed by atoms with Crippen LogP contribution in [0.2, 0.25) is 0 Å². The molecule has 2 aliphatic heterocycles. The number of rotatable bonds is 5. The Bertz CT molecular complexity index is 918. The number of piperidine rings is 1. The predicted molar refractivity (Wildman–Crippen MR) is 120 cm³/mol. The van der Waals surface area contributed by atoms with Crippen LogP contribution in [0.15, 0.2) is 42.5 Å². The van der Waals surface area contributed by atoms with E-state index in [0.29, 0.717) is 32.0 Å². The van der Waals surface area contributed by atoms with E-state index < -0.39 is 5.41 Å². The molecule has 0 saturated carbocycles. The molecule has 2 aromatic rings. The predicted octanol–water partition coefficient (Wildman–Crippen LogP) is 4.66. The van der Waals surface area contributed by atoms with Gasteiger partial charge in [-0.25, -0.2) is 4.39 Å². The van der Waals surface area contributed by atoms with Gasteiger partial charge in [0.2, 0.25) is 5.91 Å². The van der Waals surface area contributed by atoms with E-state index in [2.05, 4.69) is 25.8 Å². The van der Waals surface area contributed by atoms with E-state index in [9.17, 15) is 9.18 Å². The van der Waals surface area contributed by atoms with E-state index >= 15 is 0 Å². The quantitative estimate of drug-likeness (QED) is 0.700. The lowest BCUT2D eigenvalue weighted by Crippen LogP contribution is -2.49. The first-order valence-electron chi connectivity index (χ1n) is 11.3. The number of nitrogens with zero attached hydrogens (tertiary/aromatic N) is 2. The third-order valence-electron chi connectivity index (χ3n) is 6.62. The van der Waals surface area contributed by atoms with Gasteiger partial charge in [-0.2, -0.15) is 0 Å². The van der Waals surface area contributed by atoms with Crippen molar-refractivity contribution in [1.82, 2.24) is 9.80 Å². The first kappa shape index (κ1) is 21.8. The number of likely N-dealkylation sites (tertiary alicyclic amines) is 1. The van der Waals surface area contributed by atoms with Crippen LogP contribution >= 0.6 is 0 Å². The number of halogens is 1. The molecule has 2 aromatic carbocycles. The fourth-order valence-corrected chi connectivity index (χ4v) is 4.71.